The highest BCUT2D eigenvalue weighted by Gasteiger charge is 2.36. The van der Waals surface area contributed by atoms with Crippen LogP contribution >= 0.6 is 15.9 Å². The summed E-state index contributed by atoms with van der Waals surface area (Å²) >= 11 is 3.67. The minimum absolute atomic E-state index is 0.0934. The van der Waals surface area contributed by atoms with E-state index in [4.69, 9.17) is 9.47 Å². The maximum absolute atomic E-state index is 6.26. The minimum atomic E-state index is 0.0934. The van der Waals surface area contributed by atoms with Crippen molar-refractivity contribution in [3.63, 3.8) is 0 Å². The third-order valence-electron chi connectivity index (χ3n) is 4.56. The molecule has 0 bridgehead atoms. The maximum atomic E-state index is 6.26. The molecule has 2 nitrogen and oxygen atoms in total. The van der Waals surface area contributed by atoms with Crippen LogP contribution in [0.2, 0.25) is 0 Å². The number of ether oxygens (including phenoxy) is 2. The van der Waals surface area contributed by atoms with Crippen LogP contribution in [-0.2, 0) is 9.47 Å². The van der Waals surface area contributed by atoms with Crippen LogP contribution in [0.15, 0.2) is 0 Å². The lowest BCUT2D eigenvalue weighted by Gasteiger charge is -2.39. The van der Waals surface area contributed by atoms with Crippen LogP contribution in [0.3, 0.4) is 0 Å². The average molecular weight is 319 g/mol. The van der Waals surface area contributed by atoms with Crippen LogP contribution in [0.5, 0.6) is 0 Å². The number of alkyl halides is 1. The highest BCUT2D eigenvalue weighted by Crippen LogP contribution is 2.38. The fourth-order valence-corrected chi connectivity index (χ4v) is 3.99. The van der Waals surface area contributed by atoms with Crippen molar-refractivity contribution in [3.05, 3.63) is 0 Å². The van der Waals surface area contributed by atoms with Gasteiger partial charge in [-0.15, -0.1) is 0 Å². The smallest absolute Gasteiger partial charge is 0.0809 e. The van der Waals surface area contributed by atoms with Crippen molar-refractivity contribution in [1.29, 1.82) is 0 Å². The summed E-state index contributed by atoms with van der Waals surface area (Å²) in [6, 6.07) is 0. The van der Waals surface area contributed by atoms with Crippen LogP contribution in [0.25, 0.3) is 0 Å². The van der Waals surface area contributed by atoms with E-state index < -0.39 is 0 Å². The summed E-state index contributed by atoms with van der Waals surface area (Å²) < 4.78 is 11.9. The first kappa shape index (κ1) is 14.8. The molecule has 1 atom stereocenters. The van der Waals surface area contributed by atoms with Gasteiger partial charge in [-0.2, -0.15) is 0 Å². The van der Waals surface area contributed by atoms with Crippen molar-refractivity contribution in [2.75, 3.05) is 18.5 Å². The van der Waals surface area contributed by atoms with Gasteiger partial charge in [0.25, 0.3) is 0 Å². The lowest BCUT2D eigenvalue weighted by Crippen LogP contribution is -2.40. The molecule has 1 aliphatic carbocycles. The zero-order chi connectivity index (χ0) is 12.8. The molecule has 1 heterocycles. The average Bonchev–Trinajstić information content (AvgIpc) is 2.92. The Morgan fingerprint density at radius 2 is 2.06 bits per heavy atom. The Labute approximate surface area is 120 Å². The Bertz CT molecular complexity index is 231. The van der Waals surface area contributed by atoms with E-state index in [2.05, 4.69) is 22.9 Å². The highest BCUT2D eigenvalue weighted by atomic mass is 79.9. The first-order valence-electron chi connectivity index (χ1n) is 7.59. The molecule has 0 aromatic rings. The van der Waals surface area contributed by atoms with Gasteiger partial charge in [0.1, 0.15) is 0 Å². The Morgan fingerprint density at radius 3 is 2.61 bits per heavy atom. The number of hydrogen-bond donors (Lipinski definition) is 0. The fourth-order valence-electron chi connectivity index (χ4n) is 3.26. The molecule has 3 heteroatoms. The van der Waals surface area contributed by atoms with Gasteiger partial charge >= 0.3 is 0 Å². The summed E-state index contributed by atoms with van der Waals surface area (Å²) in [6.45, 7) is 4.01. The highest BCUT2D eigenvalue weighted by molar-refractivity contribution is 9.09. The summed E-state index contributed by atoms with van der Waals surface area (Å²) in [5, 5.41) is 0.978. The molecule has 2 aliphatic rings. The Hall–Kier alpha value is 0.400. The van der Waals surface area contributed by atoms with Gasteiger partial charge in [-0.25, -0.2) is 0 Å². The van der Waals surface area contributed by atoms with Crippen molar-refractivity contribution in [3.8, 4) is 0 Å². The predicted molar refractivity (Wildman–Crippen MR) is 78.3 cm³/mol. The normalized spacial score (nSPS) is 37.0. The Balaban J connectivity index is 1.76. The molecule has 2 fully saturated rings. The van der Waals surface area contributed by atoms with E-state index in [9.17, 15) is 0 Å². The van der Waals surface area contributed by atoms with Gasteiger partial charge < -0.3 is 9.47 Å². The molecule has 0 N–H and O–H groups in total. The van der Waals surface area contributed by atoms with E-state index in [1.165, 1.54) is 51.4 Å². The lowest BCUT2D eigenvalue weighted by molar-refractivity contribution is -0.0937. The van der Waals surface area contributed by atoms with E-state index in [1.54, 1.807) is 0 Å². The van der Waals surface area contributed by atoms with Crippen molar-refractivity contribution >= 4 is 15.9 Å². The lowest BCUT2D eigenvalue weighted by atomic mass is 9.78. The van der Waals surface area contributed by atoms with Gasteiger partial charge in [0.15, 0.2) is 0 Å². The third-order valence-corrected chi connectivity index (χ3v) is 5.58. The second kappa shape index (κ2) is 7.25. The molecule has 1 unspecified atom stereocenters. The third kappa shape index (κ3) is 3.94. The topological polar surface area (TPSA) is 18.5 Å². The molecule has 2 rings (SSSR count). The summed E-state index contributed by atoms with van der Waals surface area (Å²) in [5.74, 6) is 0.938. The zero-order valence-electron chi connectivity index (χ0n) is 11.6. The van der Waals surface area contributed by atoms with Crippen LogP contribution in [0, 0.1) is 5.92 Å². The maximum Gasteiger partial charge on any atom is 0.0809 e. The molecular formula is C15H27BrO2. The molecule has 0 amide bonds. The van der Waals surface area contributed by atoms with Gasteiger partial charge in [0, 0.05) is 11.9 Å². The van der Waals surface area contributed by atoms with Crippen molar-refractivity contribution < 1.29 is 9.47 Å². The Kier molecular flexibility index (Phi) is 5.96. The van der Waals surface area contributed by atoms with Crippen LogP contribution in [0.1, 0.15) is 58.3 Å². The van der Waals surface area contributed by atoms with E-state index in [0.29, 0.717) is 6.10 Å². The van der Waals surface area contributed by atoms with E-state index in [1.807, 2.05) is 0 Å². The van der Waals surface area contributed by atoms with Crippen molar-refractivity contribution in [2.45, 2.75) is 70.0 Å². The van der Waals surface area contributed by atoms with Gasteiger partial charge in [0.2, 0.25) is 0 Å². The quantitative estimate of drug-likeness (QED) is 0.679. The van der Waals surface area contributed by atoms with E-state index in [0.717, 1.165) is 24.5 Å². The number of rotatable bonds is 6. The van der Waals surface area contributed by atoms with Gasteiger partial charge in [-0.05, 0) is 44.4 Å². The molecule has 1 aliphatic heterocycles. The van der Waals surface area contributed by atoms with Gasteiger partial charge in [0.05, 0.1) is 18.3 Å². The zero-order valence-corrected chi connectivity index (χ0v) is 13.2. The van der Waals surface area contributed by atoms with Crippen LogP contribution in [0.4, 0.5) is 0 Å². The SMILES string of the molecule is CCCC1CCC(CBr)(OCC2CCCO2)CC1. The van der Waals surface area contributed by atoms with Gasteiger partial charge in [-0.3, -0.25) is 0 Å². The fraction of sp³-hybridized carbons (Fsp3) is 1.00. The second-order valence-corrected chi connectivity index (χ2v) is 6.56. The molecule has 1 saturated carbocycles. The van der Waals surface area contributed by atoms with Crippen LogP contribution < -0.4 is 0 Å². The first-order valence-corrected chi connectivity index (χ1v) is 8.71. The summed E-state index contributed by atoms with van der Waals surface area (Å²) in [4.78, 5) is 0. The van der Waals surface area contributed by atoms with Crippen molar-refractivity contribution in [2.24, 2.45) is 5.92 Å². The van der Waals surface area contributed by atoms with E-state index in [-0.39, 0.29) is 5.60 Å². The molecule has 0 aromatic carbocycles. The molecular weight excluding hydrogens is 292 g/mol. The molecule has 0 aromatic heterocycles. The van der Waals surface area contributed by atoms with Gasteiger partial charge in [-0.1, -0.05) is 35.7 Å². The monoisotopic (exact) mass is 318 g/mol. The minimum Gasteiger partial charge on any atom is -0.376 e. The van der Waals surface area contributed by atoms with E-state index >= 15 is 0 Å². The standard InChI is InChI=1S/C15H27BrO2/c1-2-4-13-6-8-15(12-16,9-7-13)18-11-14-5-3-10-17-14/h13-14H,2-12H2,1H3. The first-order chi connectivity index (χ1) is 8.78. The summed E-state index contributed by atoms with van der Waals surface area (Å²) in [7, 11) is 0. The number of halogens is 1. The predicted octanol–water partition coefficient (Wildman–Crippen LogP) is 4.31. The number of hydrogen-bond acceptors (Lipinski definition) is 2. The largest absolute Gasteiger partial charge is 0.376 e. The molecule has 0 radical (unpaired) electrons. The van der Waals surface area contributed by atoms with Crippen LogP contribution in [-0.4, -0.2) is 30.2 Å². The summed E-state index contributed by atoms with van der Waals surface area (Å²) in [5.41, 5.74) is 0.0934. The second-order valence-electron chi connectivity index (χ2n) is 5.99. The molecule has 1 saturated heterocycles. The molecule has 0 spiro atoms. The summed E-state index contributed by atoms with van der Waals surface area (Å²) in [6.07, 6.45) is 10.6. The Morgan fingerprint density at radius 1 is 1.28 bits per heavy atom. The molecule has 18 heavy (non-hydrogen) atoms. The van der Waals surface area contributed by atoms with Crippen molar-refractivity contribution in [1.82, 2.24) is 0 Å². The molecule has 106 valence electrons.